The Morgan fingerprint density at radius 2 is 2.10 bits per heavy atom. The minimum absolute atomic E-state index is 0.180. The number of rotatable bonds is 6. The number of hydrogen-bond donors (Lipinski definition) is 2. The van der Waals surface area contributed by atoms with Crippen LogP contribution in [0.5, 0.6) is 0 Å². The van der Waals surface area contributed by atoms with E-state index in [2.05, 4.69) is 27.7 Å². The highest BCUT2D eigenvalue weighted by molar-refractivity contribution is 5.78. The molecule has 0 spiro atoms. The SMILES string of the molecule is O=C(CC1CNc2ccccc21)NCCCN1CCCC1. The van der Waals surface area contributed by atoms with Crippen LogP contribution in [0, 0.1) is 0 Å². The van der Waals surface area contributed by atoms with E-state index in [0.717, 1.165) is 26.1 Å². The number of anilines is 1. The molecule has 2 aliphatic rings. The maximum atomic E-state index is 12.1. The van der Waals surface area contributed by atoms with E-state index in [1.165, 1.54) is 37.2 Å². The number of fused-ring (bicyclic) bond motifs is 1. The van der Waals surface area contributed by atoms with Crippen molar-refractivity contribution in [2.24, 2.45) is 0 Å². The first-order valence-electron chi connectivity index (χ1n) is 8.15. The van der Waals surface area contributed by atoms with Crippen molar-refractivity contribution in [3.05, 3.63) is 29.8 Å². The summed E-state index contributed by atoms with van der Waals surface area (Å²) in [6.45, 7) is 5.27. The Morgan fingerprint density at radius 3 is 2.95 bits per heavy atom. The third-order valence-electron chi connectivity index (χ3n) is 4.54. The van der Waals surface area contributed by atoms with Crippen LogP contribution in [0.1, 0.15) is 37.2 Å². The second-order valence-electron chi connectivity index (χ2n) is 6.12. The minimum atomic E-state index is 0.180. The Kier molecular flexibility index (Phi) is 4.76. The number of benzene rings is 1. The third-order valence-corrected chi connectivity index (χ3v) is 4.54. The largest absolute Gasteiger partial charge is 0.384 e. The molecule has 4 nitrogen and oxygen atoms in total. The molecular weight excluding hydrogens is 262 g/mol. The van der Waals surface area contributed by atoms with Crippen molar-refractivity contribution >= 4 is 11.6 Å². The molecule has 0 aliphatic carbocycles. The van der Waals surface area contributed by atoms with Crippen molar-refractivity contribution < 1.29 is 4.79 Å². The highest BCUT2D eigenvalue weighted by Crippen LogP contribution is 2.32. The molecule has 3 rings (SSSR count). The Balaban J connectivity index is 1.37. The summed E-state index contributed by atoms with van der Waals surface area (Å²) in [5.41, 5.74) is 2.47. The molecule has 1 atom stereocenters. The van der Waals surface area contributed by atoms with Crippen LogP contribution in [0.3, 0.4) is 0 Å². The summed E-state index contributed by atoms with van der Waals surface area (Å²) >= 11 is 0. The number of likely N-dealkylation sites (tertiary alicyclic amines) is 1. The van der Waals surface area contributed by atoms with Gasteiger partial charge in [-0.15, -0.1) is 0 Å². The molecule has 1 aromatic carbocycles. The predicted molar refractivity (Wildman–Crippen MR) is 85.6 cm³/mol. The van der Waals surface area contributed by atoms with Crippen LogP contribution >= 0.6 is 0 Å². The van der Waals surface area contributed by atoms with Crippen molar-refractivity contribution in [1.29, 1.82) is 0 Å². The number of nitrogens with one attached hydrogen (secondary N) is 2. The van der Waals surface area contributed by atoms with Crippen molar-refractivity contribution in [2.45, 2.75) is 31.6 Å². The number of para-hydroxylation sites is 1. The summed E-state index contributed by atoms with van der Waals surface area (Å²) in [5, 5.41) is 6.44. The van der Waals surface area contributed by atoms with Gasteiger partial charge in [-0.25, -0.2) is 0 Å². The average Bonchev–Trinajstić information content (AvgIpc) is 3.14. The van der Waals surface area contributed by atoms with E-state index in [1.807, 2.05) is 12.1 Å². The fourth-order valence-electron chi connectivity index (χ4n) is 3.37. The zero-order valence-corrected chi connectivity index (χ0v) is 12.6. The molecule has 2 heterocycles. The third kappa shape index (κ3) is 3.76. The smallest absolute Gasteiger partial charge is 0.220 e. The predicted octanol–water partition coefficient (Wildman–Crippen LogP) is 2.19. The number of carbonyl (C=O) groups excluding carboxylic acids is 1. The number of carbonyl (C=O) groups is 1. The van der Waals surface area contributed by atoms with Crippen LogP contribution in [-0.4, -0.2) is 43.5 Å². The lowest BCUT2D eigenvalue weighted by Crippen LogP contribution is -2.29. The summed E-state index contributed by atoms with van der Waals surface area (Å²) in [4.78, 5) is 14.5. The second kappa shape index (κ2) is 6.94. The van der Waals surface area contributed by atoms with Crippen LogP contribution in [0.4, 0.5) is 5.69 Å². The summed E-state index contributed by atoms with van der Waals surface area (Å²) in [5.74, 6) is 0.500. The monoisotopic (exact) mass is 287 g/mol. The number of amides is 1. The van der Waals surface area contributed by atoms with Crippen molar-refractivity contribution in [1.82, 2.24) is 10.2 Å². The molecule has 0 bridgehead atoms. The molecule has 1 saturated heterocycles. The van der Waals surface area contributed by atoms with E-state index in [4.69, 9.17) is 0 Å². The molecule has 1 aromatic rings. The first-order chi connectivity index (χ1) is 10.3. The van der Waals surface area contributed by atoms with E-state index < -0.39 is 0 Å². The topological polar surface area (TPSA) is 44.4 Å². The maximum Gasteiger partial charge on any atom is 0.220 e. The molecule has 2 aliphatic heterocycles. The van der Waals surface area contributed by atoms with Gasteiger partial charge in [-0.05, 0) is 50.5 Å². The summed E-state index contributed by atoms with van der Waals surface area (Å²) in [7, 11) is 0. The van der Waals surface area contributed by atoms with E-state index in [0.29, 0.717) is 12.3 Å². The van der Waals surface area contributed by atoms with E-state index in [-0.39, 0.29) is 5.91 Å². The number of nitrogens with zero attached hydrogens (tertiary/aromatic N) is 1. The van der Waals surface area contributed by atoms with Gasteiger partial charge in [0.1, 0.15) is 0 Å². The van der Waals surface area contributed by atoms with Gasteiger partial charge in [0.2, 0.25) is 5.91 Å². The lowest BCUT2D eigenvalue weighted by molar-refractivity contribution is -0.121. The van der Waals surface area contributed by atoms with Gasteiger partial charge in [-0.1, -0.05) is 18.2 Å². The van der Waals surface area contributed by atoms with Crippen molar-refractivity contribution in [2.75, 3.05) is 38.0 Å². The highest BCUT2D eigenvalue weighted by Gasteiger charge is 2.23. The van der Waals surface area contributed by atoms with E-state index in [9.17, 15) is 4.79 Å². The molecular formula is C17H25N3O. The minimum Gasteiger partial charge on any atom is -0.384 e. The van der Waals surface area contributed by atoms with Gasteiger partial charge in [0.25, 0.3) is 0 Å². The second-order valence-corrected chi connectivity index (χ2v) is 6.12. The van der Waals surface area contributed by atoms with Gasteiger partial charge in [0.15, 0.2) is 0 Å². The molecule has 1 fully saturated rings. The molecule has 4 heteroatoms. The van der Waals surface area contributed by atoms with Crippen LogP contribution in [0.15, 0.2) is 24.3 Å². The molecule has 1 amide bonds. The molecule has 2 N–H and O–H groups in total. The number of hydrogen-bond acceptors (Lipinski definition) is 3. The van der Waals surface area contributed by atoms with Gasteiger partial charge >= 0.3 is 0 Å². The molecule has 1 unspecified atom stereocenters. The Bertz CT molecular complexity index is 483. The van der Waals surface area contributed by atoms with Crippen LogP contribution in [0.2, 0.25) is 0 Å². The zero-order chi connectivity index (χ0) is 14.5. The fourth-order valence-corrected chi connectivity index (χ4v) is 3.37. The Hall–Kier alpha value is -1.55. The first kappa shape index (κ1) is 14.4. The Labute approximate surface area is 126 Å². The average molecular weight is 287 g/mol. The first-order valence-corrected chi connectivity index (χ1v) is 8.15. The van der Waals surface area contributed by atoms with Crippen LogP contribution in [0.25, 0.3) is 0 Å². The van der Waals surface area contributed by atoms with E-state index >= 15 is 0 Å². The summed E-state index contributed by atoms with van der Waals surface area (Å²) in [6, 6.07) is 8.30. The summed E-state index contributed by atoms with van der Waals surface area (Å²) < 4.78 is 0. The standard InChI is InChI=1S/C17H25N3O/c21-17(18-8-5-11-20-9-3-4-10-20)12-14-13-19-16-7-2-1-6-15(14)16/h1-2,6-7,14,19H,3-5,8-13H2,(H,18,21). The van der Waals surface area contributed by atoms with Gasteiger partial charge < -0.3 is 15.5 Å². The van der Waals surface area contributed by atoms with E-state index in [1.54, 1.807) is 0 Å². The molecule has 21 heavy (non-hydrogen) atoms. The van der Waals surface area contributed by atoms with Crippen LogP contribution < -0.4 is 10.6 Å². The van der Waals surface area contributed by atoms with Crippen LogP contribution in [-0.2, 0) is 4.79 Å². The molecule has 114 valence electrons. The molecule has 0 saturated carbocycles. The molecule has 0 radical (unpaired) electrons. The summed E-state index contributed by atoms with van der Waals surface area (Å²) in [6.07, 6.45) is 4.32. The van der Waals surface area contributed by atoms with Gasteiger partial charge in [0.05, 0.1) is 0 Å². The van der Waals surface area contributed by atoms with Crippen molar-refractivity contribution in [3.63, 3.8) is 0 Å². The lowest BCUT2D eigenvalue weighted by atomic mass is 9.97. The lowest BCUT2D eigenvalue weighted by Gasteiger charge is -2.15. The zero-order valence-electron chi connectivity index (χ0n) is 12.6. The van der Waals surface area contributed by atoms with Gasteiger partial charge in [0, 0.05) is 31.1 Å². The van der Waals surface area contributed by atoms with Gasteiger partial charge in [-0.2, -0.15) is 0 Å². The highest BCUT2D eigenvalue weighted by atomic mass is 16.1. The quantitative estimate of drug-likeness (QED) is 0.788. The molecule has 0 aromatic heterocycles. The van der Waals surface area contributed by atoms with Gasteiger partial charge in [-0.3, -0.25) is 4.79 Å². The normalized spacial score (nSPS) is 21.0. The maximum absolute atomic E-state index is 12.1. The fraction of sp³-hybridized carbons (Fsp3) is 0.588. The van der Waals surface area contributed by atoms with Crippen molar-refractivity contribution in [3.8, 4) is 0 Å². The Morgan fingerprint density at radius 1 is 1.29 bits per heavy atom.